The lowest BCUT2D eigenvalue weighted by atomic mass is 10.2. The molecule has 0 saturated carbocycles. The fraction of sp³-hybridized carbons (Fsp3) is 0.500. The molecule has 0 spiro atoms. The lowest BCUT2D eigenvalue weighted by Crippen LogP contribution is -2.23. The van der Waals surface area contributed by atoms with Crippen molar-refractivity contribution in [2.45, 2.75) is 24.7 Å². The van der Waals surface area contributed by atoms with Crippen molar-refractivity contribution in [1.82, 2.24) is 4.31 Å². The summed E-state index contributed by atoms with van der Waals surface area (Å²) in [5.41, 5.74) is 5.76. The Labute approximate surface area is 143 Å². The normalized spacial score (nSPS) is 11.0. The average molecular weight is 366 g/mol. The maximum absolute atomic E-state index is 12.4. The molecule has 0 aliphatic rings. The number of halogens is 1. The lowest BCUT2D eigenvalue weighted by Gasteiger charge is -2.16. The lowest BCUT2D eigenvalue weighted by molar-refractivity contribution is -0.116. The third-order valence-corrected chi connectivity index (χ3v) is 4.73. The number of carbonyl (C=O) groups is 1. The number of nitrogens with one attached hydrogen (secondary N) is 1. The first-order chi connectivity index (χ1) is 10.3. The fourth-order valence-corrected chi connectivity index (χ4v) is 2.80. The smallest absolute Gasteiger partial charge is 0.246 e. The van der Waals surface area contributed by atoms with Crippen molar-refractivity contribution in [3.8, 4) is 5.75 Å². The van der Waals surface area contributed by atoms with E-state index in [1.807, 2.05) is 0 Å². The van der Waals surface area contributed by atoms with Crippen LogP contribution >= 0.6 is 12.4 Å². The van der Waals surface area contributed by atoms with Gasteiger partial charge in [-0.2, -0.15) is 0 Å². The van der Waals surface area contributed by atoms with E-state index in [0.29, 0.717) is 31.7 Å². The molecule has 0 heterocycles. The van der Waals surface area contributed by atoms with Gasteiger partial charge in [-0.3, -0.25) is 4.79 Å². The van der Waals surface area contributed by atoms with E-state index in [-0.39, 0.29) is 29.0 Å². The van der Waals surface area contributed by atoms with Crippen LogP contribution in [0.15, 0.2) is 23.1 Å². The quantitative estimate of drug-likeness (QED) is 0.725. The largest absolute Gasteiger partial charge is 0.492 e. The van der Waals surface area contributed by atoms with Crippen molar-refractivity contribution < 1.29 is 17.9 Å². The molecule has 1 rings (SSSR count). The Morgan fingerprint density at radius 2 is 2.00 bits per heavy atom. The van der Waals surface area contributed by atoms with E-state index < -0.39 is 10.0 Å². The molecule has 0 aromatic heterocycles. The Bertz CT molecular complexity index is 620. The van der Waals surface area contributed by atoms with Crippen LogP contribution in [0.4, 0.5) is 5.69 Å². The number of anilines is 1. The van der Waals surface area contributed by atoms with Crippen LogP contribution in [0.25, 0.3) is 0 Å². The van der Waals surface area contributed by atoms with Crippen LogP contribution in [0, 0.1) is 0 Å². The van der Waals surface area contributed by atoms with Gasteiger partial charge in [-0.05, 0) is 38.1 Å². The molecule has 0 radical (unpaired) electrons. The average Bonchev–Trinajstić information content (AvgIpc) is 2.46. The number of hydrogen-bond donors (Lipinski definition) is 2. The van der Waals surface area contributed by atoms with Gasteiger partial charge in [-0.1, -0.05) is 0 Å². The van der Waals surface area contributed by atoms with E-state index in [0.717, 1.165) is 4.31 Å². The molecule has 9 heteroatoms. The molecule has 0 aliphatic heterocycles. The van der Waals surface area contributed by atoms with Gasteiger partial charge in [0.1, 0.15) is 10.6 Å². The maximum Gasteiger partial charge on any atom is 0.246 e. The van der Waals surface area contributed by atoms with Crippen LogP contribution in [0.5, 0.6) is 5.75 Å². The zero-order valence-electron chi connectivity index (χ0n) is 13.5. The van der Waals surface area contributed by atoms with Crippen LogP contribution in [-0.4, -0.2) is 45.9 Å². The second-order valence-electron chi connectivity index (χ2n) is 4.82. The number of ether oxygens (including phenoxy) is 1. The topological polar surface area (TPSA) is 102 Å². The predicted molar refractivity (Wildman–Crippen MR) is 92.6 cm³/mol. The molecule has 1 aromatic rings. The second kappa shape index (κ2) is 9.71. The van der Waals surface area contributed by atoms with Gasteiger partial charge < -0.3 is 15.8 Å². The number of amides is 1. The van der Waals surface area contributed by atoms with Gasteiger partial charge in [0.25, 0.3) is 0 Å². The Morgan fingerprint density at radius 3 is 2.52 bits per heavy atom. The molecule has 1 amide bonds. The van der Waals surface area contributed by atoms with E-state index in [9.17, 15) is 13.2 Å². The van der Waals surface area contributed by atoms with Crippen molar-refractivity contribution >= 4 is 34.0 Å². The van der Waals surface area contributed by atoms with Gasteiger partial charge in [-0.15, -0.1) is 12.4 Å². The molecule has 0 unspecified atom stereocenters. The summed E-state index contributed by atoms with van der Waals surface area (Å²) in [5.74, 6) is 0.0546. The van der Waals surface area contributed by atoms with E-state index in [2.05, 4.69) is 5.32 Å². The summed E-state index contributed by atoms with van der Waals surface area (Å²) in [4.78, 5) is 11.7. The molecule has 132 valence electrons. The number of sulfonamides is 1. The Hall–Kier alpha value is -1.35. The predicted octanol–water partition coefficient (Wildman–Crippen LogP) is 1.43. The Morgan fingerprint density at radius 1 is 1.35 bits per heavy atom. The van der Waals surface area contributed by atoms with Crippen molar-refractivity contribution in [2.75, 3.05) is 32.6 Å². The van der Waals surface area contributed by atoms with Crippen molar-refractivity contribution in [3.63, 3.8) is 0 Å². The number of nitrogens with zero attached hydrogens (tertiary/aromatic N) is 1. The zero-order chi connectivity index (χ0) is 16.8. The minimum atomic E-state index is -3.67. The highest BCUT2D eigenvalue weighted by atomic mass is 35.5. The van der Waals surface area contributed by atoms with Crippen molar-refractivity contribution in [2.24, 2.45) is 5.73 Å². The van der Waals surface area contributed by atoms with E-state index in [1.54, 1.807) is 19.1 Å². The van der Waals surface area contributed by atoms with Crippen molar-refractivity contribution in [3.05, 3.63) is 18.2 Å². The highest BCUT2D eigenvalue weighted by Gasteiger charge is 2.23. The molecule has 0 aliphatic carbocycles. The van der Waals surface area contributed by atoms with Crippen LogP contribution in [0.1, 0.15) is 19.8 Å². The van der Waals surface area contributed by atoms with Gasteiger partial charge in [-0.25, -0.2) is 12.7 Å². The van der Waals surface area contributed by atoms with E-state index in [4.69, 9.17) is 10.5 Å². The van der Waals surface area contributed by atoms with Crippen LogP contribution in [0.2, 0.25) is 0 Å². The monoisotopic (exact) mass is 365 g/mol. The molecule has 0 saturated heterocycles. The minimum absolute atomic E-state index is 0. The molecule has 1 aromatic carbocycles. The van der Waals surface area contributed by atoms with Gasteiger partial charge in [0, 0.05) is 26.2 Å². The summed E-state index contributed by atoms with van der Waals surface area (Å²) in [6, 6.07) is 4.55. The van der Waals surface area contributed by atoms with Gasteiger partial charge in [0.05, 0.1) is 6.61 Å². The number of carbonyl (C=O) groups excluding carboxylic acids is 1. The highest BCUT2D eigenvalue weighted by molar-refractivity contribution is 7.89. The molecule has 0 fully saturated rings. The maximum atomic E-state index is 12.4. The second-order valence-corrected chi connectivity index (χ2v) is 6.94. The first kappa shape index (κ1) is 21.6. The first-order valence-electron chi connectivity index (χ1n) is 7.02. The van der Waals surface area contributed by atoms with Gasteiger partial charge >= 0.3 is 0 Å². The molecular weight excluding hydrogens is 342 g/mol. The summed E-state index contributed by atoms with van der Waals surface area (Å²) < 4.78 is 31.2. The summed E-state index contributed by atoms with van der Waals surface area (Å²) >= 11 is 0. The third kappa shape index (κ3) is 5.98. The van der Waals surface area contributed by atoms with Crippen LogP contribution < -0.4 is 15.8 Å². The molecule has 0 atom stereocenters. The summed E-state index contributed by atoms with van der Waals surface area (Å²) in [5, 5.41) is 2.66. The van der Waals surface area contributed by atoms with E-state index >= 15 is 0 Å². The molecular formula is C14H24ClN3O4S. The summed E-state index contributed by atoms with van der Waals surface area (Å²) in [6.07, 6.45) is 0.866. The first-order valence-corrected chi connectivity index (χ1v) is 8.46. The minimum Gasteiger partial charge on any atom is -0.492 e. The van der Waals surface area contributed by atoms with Crippen molar-refractivity contribution in [1.29, 1.82) is 0 Å². The van der Waals surface area contributed by atoms with Gasteiger partial charge in [0.15, 0.2) is 0 Å². The van der Waals surface area contributed by atoms with Crippen LogP contribution in [-0.2, 0) is 14.8 Å². The summed E-state index contributed by atoms with van der Waals surface area (Å²) in [7, 11) is -0.784. The molecule has 7 nitrogen and oxygen atoms in total. The Balaban J connectivity index is 0.00000484. The number of benzene rings is 1. The van der Waals surface area contributed by atoms with Gasteiger partial charge in [0.2, 0.25) is 15.9 Å². The highest BCUT2D eigenvalue weighted by Crippen LogP contribution is 2.29. The SMILES string of the molecule is CCOc1ccc(NC(=O)CCCN)cc1S(=O)(=O)N(C)C.Cl. The van der Waals surface area contributed by atoms with E-state index in [1.165, 1.54) is 20.2 Å². The number of nitrogens with two attached hydrogens (primary N) is 1. The fourth-order valence-electron chi connectivity index (χ4n) is 1.74. The third-order valence-electron chi connectivity index (χ3n) is 2.89. The number of rotatable bonds is 8. The zero-order valence-corrected chi connectivity index (χ0v) is 15.2. The van der Waals surface area contributed by atoms with Crippen LogP contribution in [0.3, 0.4) is 0 Å². The molecule has 0 bridgehead atoms. The molecule has 3 N–H and O–H groups in total. The standard InChI is InChI=1S/C14H23N3O4S.ClH/c1-4-21-12-8-7-11(16-14(18)6-5-9-15)10-13(12)22(19,20)17(2)3;/h7-8,10H,4-6,9,15H2,1-3H3,(H,16,18);1H. The number of hydrogen-bond acceptors (Lipinski definition) is 5. The Kier molecular flexibility index (Phi) is 9.14. The summed E-state index contributed by atoms with van der Waals surface area (Å²) in [6.45, 7) is 2.55. The molecule has 23 heavy (non-hydrogen) atoms.